The molecule has 5 nitrogen and oxygen atoms in total. The summed E-state index contributed by atoms with van der Waals surface area (Å²) in [5, 5.41) is 0. The highest BCUT2D eigenvalue weighted by Crippen LogP contribution is 2.27. The van der Waals surface area contributed by atoms with Crippen LogP contribution in [0.2, 0.25) is 0 Å². The van der Waals surface area contributed by atoms with Gasteiger partial charge in [-0.05, 0) is 61.8 Å². The monoisotopic (exact) mass is 414 g/mol. The zero-order valence-corrected chi connectivity index (χ0v) is 17.4. The van der Waals surface area contributed by atoms with Crippen molar-refractivity contribution in [1.29, 1.82) is 0 Å². The minimum absolute atomic E-state index is 0.102. The Bertz CT molecular complexity index is 798. The number of hydrogen-bond acceptors (Lipinski definition) is 5. The topological polar surface area (TPSA) is 77.5 Å². The lowest BCUT2D eigenvalue weighted by molar-refractivity contribution is 0.0723. The molecule has 1 aromatic rings. The third-order valence-corrected chi connectivity index (χ3v) is 9.57. The van der Waals surface area contributed by atoms with Gasteiger partial charge in [0, 0.05) is 13.2 Å². The molecular weight excluding hydrogens is 384 g/mol. The molecule has 152 valence electrons. The molecule has 0 unspecified atom stereocenters. The van der Waals surface area contributed by atoms with E-state index in [4.69, 9.17) is 4.74 Å². The van der Waals surface area contributed by atoms with Crippen molar-refractivity contribution in [3.8, 4) is 0 Å². The van der Waals surface area contributed by atoms with Crippen LogP contribution in [0.1, 0.15) is 51.4 Å². The second-order valence-electron chi connectivity index (χ2n) is 7.95. The lowest BCUT2D eigenvalue weighted by Crippen LogP contribution is -2.23. The Morgan fingerprint density at radius 1 is 0.667 bits per heavy atom. The van der Waals surface area contributed by atoms with E-state index in [0.717, 1.165) is 38.5 Å². The Morgan fingerprint density at radius 2 is 1.07 bits per heavy atom. The van der Waals surface area contributed by atoms with Crippen LogP contribution in [-0.2, 0) is 24.4 Å². The van der Waals surface area contributed by atoms with Crippen LogP contribution in [0.3, 0.4) is 0 Å². The maximum absolute atomic E-state index is 12.7. The van der Waals surface area contributed by atoms with Gasteiger partial charge in [0.05, 0.1) is 21.3 Å². The predicted molar refractivity (Wildman–Crippen MR) is 105 cm³/mol. The van der Waals surface area contributed by atoms with Gasteiger partial charge < -0.3 is 4.74 Å². The molecule has 2 aliphatic rings. The van der Waals surface area contributed by atoms with Gasteiger partial charge in [-0.15, -0.1) is 0 Å². The summed E-state index contributed by atoms with van der Waals surface area (Å²) in [5.74, 6) is 0.600. The van der Waals surface area contributed by atoms with Crippen molar-refractivity contribution < 1.29 is 21.6 Å². The van der Waals surface area contributed by atoms with Gasteiger partial charge >= 0.3 is 0 Å². The molecule has 27 heavy (non-hydrogen) atoms. The zero-order valence-electron chi connectivity index (χ0n) is 15.8. The molecule has 1 heterocycles. The van der Waals surface area contributed by atoms with Crippen LogP contribution in [-0.4, -0.2) is 41.6 Å². The van der Waals surface area contributed by atoms with E-state index in [0.29, 0.717) is 13.2 Å². The molecule has 2 fully saturated rings. The molecule has 3 rings (SSSR count). The standard InChI is InChI=1S/C20H30O5S2/c21-26(22,15-17-5-3-1-2-4-6-17)19-7-9-20(10-8-19)27(23,24)16-18-11-13-25-14-12-18/h7-10,17-18H,1-6,11-16H2. The van der Waals surface area contributed by atoms with Crippen LogP contribution in [0, 0.1) is 11.8 Å². The van der Waals surface area contributed by atoms with E-state index in [1.54, 1.807) is 0 Å². The summed E-state index contributed by atoms with van der Waals surface area (Å²) in [5.41, 5.74) is 0. The highest BCUT2D eigenvalue weighted by molar-refractivity contribution is 7.91. The van der Waals surface area contributed by atoms with E-state index >= 15 is 0 Å². The lowest BCUT2D eigenvalue weighted by atomic mass is 10.0. The van der Waals surface area contributed by atoms with E-state index in [2.05, 4.69) is 0 Å². The second kappa shape index (κ2) is 9.05. The van der Waals surface area contributed by atoms with Gasteiger partial charge in [-0.2, -0.15) is 0 Å². The third-order valence-electron chi connectivity index (χ3n) is 5.77. The normalized spacial score (nSPS) is 21.0. The number of benzene rings is 1. The first-order valence-corrected chi connectivity index (χ1v) is 13.3. The zero-order chi connectivity index (χ0) is 19.3. The molecule has 0 N–H and O–H groups in total. The average Bonchev–Trinajstić information content (AvgIpc) is 2.90. The van der Waals surface area contributed by atoms with Gasteiger partial charge in [0.2, 0.25) is 0 Å². The molecule has 1 saturated heterocycles. The summed E-state index contributed by atoms with van der Waals surface area (Å²) in [7, 11) is -6.78. The quantitative estimate of drug-likeness (QED) is 0.664. The third kappa shape index (κ3) is 5.78. The van der Waals surface area contributed by atoms with Crippen LogP contribution >= 0.6 is 0 Å². The Kier molecular flexibility index (Phi) is 6.98. The van der Waals surface area contributed by atoms with Crippen molar-refractivity contribution in [3.63, 3.8) is 0 Å². The molecular formula is C20H30O5S2. The van der Waals surface area contributed by atoms with Crippen molar-refractivity contribution in [2.45, 2.75) is 61.2 Å². The summed E-state index contributed by atoms with van der Waals surface area (Å²) >= 11 is 0. The van der Waals surface area contributed by atoms with Gasteiger partial charge in [-0.3, -0.25) is 0 Å². The highest BCUT2D eigenvalue weighted by Gasteiger charge is 2.25. The van der Waals surface area contributed by atoms with E-state index in [9.17, 15) is 16.8 Å². The smallest absolute Gasteiger partial charge is 0.178 e. The van der Waals surface area contributed by atoms with Crippen LogP contribution < -0.4 is 0 Å². The number of ether oxygens (including phenoxy) is 1. The molecule has 0 spiro atoms. The summed E-state index contributed by atoms with van der Waals surface area (Å²) in [6.07, 6.45) is 8.04. The van der Waals surface area contributed by atoms with Crippen molar-refractivity contribution in [2.24, 2.45) is 11.8 Å². The van der Waals surface area contributed by atoms with Crippen LogP contribution in [0.5, 0.6) is 0 Å². The van der Waals surface area contributed by atoms with Crippen molar-refractivity contribution in [2.75, 3.05) is 24.7 Å². The molecule has 0 amide bonds. The van der Waals surface area contributed by atoms with Gasteiger partial charge in [0.15, 0.2) is 19.7 Å². The molecule has 0 aromatic heterocycles. The first-order chi connectivity index (χ1) is 12.9. The molecule has 1 aliphatic carbocycles. The predicted octanol–water partition coefficient (Wildman–Crippen LogP) is 3.63. The molecule has 1 saturated carbocycles. The Hall–Kier alpha value is -0.920. The molecule has 0 bridgehead atoms. The first kappa shape index (κ1) is 20.8. The number of hydrogen-bond donors (Lipinski definition) is 0. The van der Waals surface area contributed by atoms with Crippen LogP contribution in [0.25, 0.3) is 0 Å². The molecule has 0 atom stereocenters. The average molecular weight is 415 g/mol. The maximum atomic E-state index is 12.7. The highest BCUT2D eigenvalue weighted by atomic mass is 32.2. The van der Waals surface area contributed by atoms with Crippen LogP contribution in [0.15, 0.2) is 34.1 Å². The van der Waals surface area contributed by atoms with E-state index in [1.165, 1.54) is 37.1 Å². The van der Waals surface area contributed by atoms with Crippen LogP contribution in [0.4, 0.5) is 0 Å². The Morgan fingerprint density at radius 3 is 1.52 bits per heavy atom. The fourth-order valence-electron chi connectivity index (χ4n) is 4.11. The Labute approximate surface area is 163 Å². The van der Waals surface area contributed by atoms with Gasteiger partial charge in [0.1, 0.15) is 0 Å². The van der Waals surface area contributed by atoms with E-state index in [-0.39, 0.29) is 33.1 Å². The molecule has 1 aliphatic heterocycles. The summed E-state index contributed by atoms with van der Waals surface area (Å²) < 4.78 is 56.0. The summed E-state index contributed by atoms with van der Waals surface area (Å²) in [4.78, 5) is 0.444. The summed E-state index contributed by atoms with van der Waals surface area (Å²) in [6.45, 7) is 1.22. The molecule has 1 aromatic carbocycles. The molecule has 7 heteroatoms. The van der Waals surface area contributed by atoms with E-state index < -0.39 is 19.7 Å². The first-order valence-electron chi connectivity index (χ1n) is 10.0. The van der Waals surface area contributed by atoms with Gasteiger partial charge in [-0.25, -0.2) is 16.8 Å². The SMILES string of the molecule is O=S(=O)(CC1CCCCCC1)c1ccc(S(=O)(=O)CC2CCOCC2)cc1. The summed E-state index contributed by atoms with van der Waals surface area (Å²) in [6, 6.07) is 5.83. The van der Waals surface area contributed by atoms with Gasteiger partial charge in [0.25, 0.3) is 0 Å². The maximum Gasteiger partial charge on any atom is 0.178 e. The largest absolute Gasteiger partial charge is 0.381 e. The number of sulfone groups is 2. The molecule has 0 radical (unpaired) electrons. The fourth-order valence-corrected chi connectivity index (χ4v) is 7.51. The van der Waals surface area contributed by atoms with Crippen molar-refractivity contribution in [3.05, 3.63) is 24.3 Å². The Balaban J connectivity index is 1.68. The minimum Gasteiger partial charge on any atom is -0.381 e. The van der Waals surface area contributed by atoms with Crippen molar-refractivity contribution in [1.82, 2.24) is 0 Å². The number of rotatable bonds is 6. The van der Waals surface area contributed by atoms with Crippen molar-refractivity contribution >= 4 is 19.7 Å². The minimum atomic E-state index is -3.40. The second-order valence-corrected chi connectivity index (χ2v) is 12.0. The van der Waals surface area contributed by atoms with Gasteiger partial charge in [-0.1, -0.05) is 25.7 Å². The fraction of sp³-hybridized carbons (Fsp3) is 0.700. The lowest BCUT2D eigenvalue weighted by Gasteiger charge is -2.21. The van der Waals surface area contributed by atoms with E-state index in [1.807, 2.05) is 0 Å².